The van der Waals surface area contributed by atoms with Gasteiger partial charge in [-0.2, -0.15) is 0 Å². The second-order valence-electron chi connectivity index (χ2n) is 5.34. The van der Waals surface area contributed by atoms with Crippen LogP contribution in [0, 0.1) is 13.8 Å². The number of anilines is 1. The predicted octanol–water partition coefficient (Wildman–Crippen LogP) is 4.74. The average Bonchev–Trinajstić information content (AvgIpc) is 2.48. The van der Waals surface area contributed by atoms with Crippen molar-refractivity contribution in [2.45, 2.75) is 33.2 Å². The van der Waals surface area contributed by atoms with E-state index in [1.807, 2.05) is 12.1 Å². The number of thiocarbonyl (C=S) groups is 1. The maximum Gasteiger partial charge on any atom is 0.171 e. The lowest BCUT2D eigenvalue weighted by Crippen LogP contribution is -2.32. The van der Waals surface area contributed by atoms with Crippen LogP contribution in [0.5, 0.6) is 0 Å². The van der Waals surface area contributed by atoms with E-state index in [0.717, 1.165) is 12.1 Å². The highest BCUT2D eigenvalue weighted by Gasteiger charge is 2.10. The molecule has 0 aliphatic carbocycles. The fraction of sp³-hybridized carbons (Fsp3) is 0.278. The molecule has 0 heterocycles. The van der Waals surface area contributed by atoms with Gasteiger partial charge in [0.05, 0.1) is 6.04 Å². The molecule has 1 atom stereocenters. The summed E-state index contributed by atoms with van der Waals surface area (Å²) in [5, 5.41) is 7.28. The molecule has 0 aliphatic rings. The Kier molecular flexibility index (Phi) is 5.34. The third-order valence-electron chi connectivity index (χ3n) is 3.50. The lowest BCUT2D eigenvalue weighted by molar-refractivity contribution is 0.629. The van der Waals surface area contributed by atoms with Crippen molar-refractivity contribution in [2.75, 3.05) is 5.32 Å². The lowest BCUT2D eigenvalue weighted by Gasteiger charge is -2.20. The van der Waals surface area contributed by atoms with E-state index in [1.165, 1.54) is 16.7 Å². The van der Waals surface area contributed by atoms with Gasteiger partial charge in [-0.1, -0.05) is 54.4 Å². The van der Waals surface area contributed by atoms with Crippen LogP contribution in [-0.2, 0) is 0 Å². The van der Waals surface area contributed by atoms with E-state index < -0.39 is 0 Å². The minimum Gasteiger partial charge on any atom is -0.356 e. The first kappa shape index (κ1) is 15.5. The molecule has 110 valence electrons. The topological polar surface area (TPSA) is 24.1 Å². The lowest BCUT2D eigenvalue weighted by atomic mass is 10.0. The van der Waals surface area contributed by atoms with Crippen LogP contribution in [0.4, 0.5) is 5.69 Å². The van der Waals surface area contributed by atoms with Gasteiger partial charge in [0.2, 0.25) is 0 Å². The molecule has 21 heavy (non-hydrogen) atoms. The van der Waals surface area contributed by atoms with E-state index in [0.29, 0.717) is 5.11 Å². The molecule has 2 rings (SSSR count). The summed E-state index contributed by atoms with van der Waals surface area (Å²) in [7, 11) is 0. The quantitative estimate of drug-likeness (QED) is 0.797. The summed E-state index contributed by atoms with van der Waals surface area (Å²) in [6, 6.07) is 17.0. The van der Waals surface area contributed by atoms with Crippen LogP contribution in [0.25, 0.3) is 0 Å². The molecular weight excluding hydrogens is 276 g/mol. The summed E-state index contributed by atoms with van der Waals surface area (Å²) < 4.78 is 0. The van der Waals surface area contributed by atoms with Crippen molar-refractivity contribution in [3.63, 3.8) is 0 Å². The van der Waals surface area contributed by atoms with E-state index >= 15 is 0 Å². The standard InChI is InChI=1S/C18H22N2S/c1-4-17(15-9-5-13(2)6-10-15)20-18(21)19-16-11-7-14(3)8-12-16/h5-12,17H,4H2,1-3H3,(H2,19,20,21)/t17-/m0/s1. The molecule has 2 N–H and O–H groups in total. The third-order valence-corrected chi connectivity index (χ3v) is 3.72. The first-order valence-corrected chi connectivity index (χ1v) is 7.70. The van der Waals surface area contributed by atoms with Gasteiger partial charge in [0.25, 0.3) is 0 Å². The Labute approximate surface area is 132 Å². The number of nitrogens with one attached hydrogen (secondary N) is 2. The molecule has 0 saturated carbocycles. The zero-order chi connectivity index (χ0) is 15.2. The minimum absolute atomic E-state index is 0.232. The van der Waals surface area contributed by atoms with Crippen LogP contribution < -0.4 is 10.6 Å². The Morgan fingerprint density at radius 3 is 2.00 bits per heavy atom. The van der Waals surface area contributed by atoms with E-state index in [2.05, 4.69) is 67.8 Å². The Balaban J connectivity index is 1.99. The van der Waals surface area contributed by atoms with Crippen molar-refractivity contribution < 1.29 is 0 Å². The smallest absolute Gasteiger partial charge is 0.171 e. The molecule has 3 heteroatoms. The van der Waals surface area contributed by atoms with Crippen molar-refractivity contribution in [2.24, 2.45) is 0 Å². The molecule has 0 fully saturated rings. The van der Waals surface area contributed by atoms with Gasteiger partial charge in [-0.05, 0) is 50.2 Å². The number of aryl methyl sites for hydroxylation is 2. The maximum atomic E-state index is 5.41. The molecule has 2 aromatic carbocycles. The number of hydrogen-bond acceptors (Lipinski definition) is 1. The van der Waals surface area contributed by atoms with Gasteiger partial charge in [-0.25, -0.2) is 0 Å². The molecule has 0 bridgehead atoms. The summed E-state index contributed by atoms with van der Waals surface area (Å²) in [4.78, 5) is 0. The second-order valence-corrected chi connectivity index (χ2v) is 5.74. The zero-order valence-corrected chi connectivity index (χ0v) is 13.6. The van der Waals surface area contributed by atoms with Crippen LogP contribution in [0.15, 0.2) is 48.5 Å². The molecule has 2 nitrogen and oxygen atoms in total. The fourth-order valence-corrected chi connectivity index (χ4v) is 2.44. The number of benzene rings is 2. The number of rotatable bonds is 4. The SMILES string of the molecule is CC[C@H](NC(=S)Nc1ccc(C)cc1)c1ccc(C)cc1. The molecule has 2 aromatic rings. The van der Waals surface area contributed by atoms with Gasteiger partial charge in [0.15, 0.2) is 5.11 Å². The van der Waals surface area contributed by atoms with Crippen LogP contribution >= 0.6 is 12.2 Å². The molecular formula is C18H22N2S. The van der Waals surface area contributed by atoms with Crippen LogP contribution in [0.1, 0.15) is 36.1 Å². The zero-order valence-electron chi connectivity index (χ0n) is 12.8. The van der Waals surface area contributed by atoms with Crippen LogP contribution in [0.3, 0.4) is 0 Å². The molecule has 0 spiro atoms. The highest BCUT2D eigenvalue weighted by molar-refractivity contribution is 7.80. The third kappa shape index (κ3) is 4.57. The largest absolute Gasteiger partial charge is 0.356 e. The molecule has 0 unspecified atom stereocenters. The van der Waals surface area contributed by atoms with E-state index in [1.54, 1.807) is 0 Å². The minimum atomic E-state index is 0.232. The number of hydrogen-bond donors (Lipinski definition) is 2. The first-order valence-electron chi connectivity index (χ1n) is 7.29. The monoisotopic (exact) mass is 298 g/mol. The average molecular weight is 298 g/mol. The van der Waals surface area contributed by atoms with Gasteiger partial charge < -0.3 is 10.6 Å². The highest BCUT2D eigenvalue weighted by Crippen LogP contribution is 2.17. The van der Waals surface area contributed by atoms with E-state index in [9.17, 15) is 0 Å². The van der Waals surface area contributed by atoms with Crippen LogP contribution in [-0.4, -0.2) is 5.11 Å². The van der Waals surface area contributed by atoms with Crippen LogP contribution in [0.2, 0.25) is 0 Å². The van der Waals surface area contributed by atoms with E-state index in [-0.39, 0.29) is 6.04 Å². The molecule has 0 saturated heterocycles. The van der Waals surface area contributed by atoms with Crippen molar-refractivity contribution in [1.82, 2.24) is 5.32 Å². The van der Waals surface area contributed by atoms with Gasteiger partial charge >= 0.3 is 0 Å². The second kappa shape index (κ2) is 7.23. The Morgan fingerprint density at radius 2 is 1.48 bits per heavy atom. The van der Waals surface area contributed by atoms with Crippen molar-refractivity contribution in [3.05, 3.63) is 65.2 Å². The van der Waals surface area contributed by atoms with Crippen molar-refractivity contribution in [3.8, 4) is 0 Å². The van der Waals surface area contributed by atoms with Gasteiger partial charge in [0, 0.05) is 5.69 Å². The Bertz CT molecular complexity index is 588. The van der Waals surface area contributed by atoms with Crippen molar-refractivity contribution >= 4 is 23.0 Å². The summed E-state index contributed by atoms with van der Waals surface area (Å²) in [5.74, 6) is 0. The molecule has 0 radical (unpaired) electrons. The maximum absolute atomic E-state index is 5.41. The summed E-state index contributed by atoms with van der Waals surface area (Å²) in [6.07, 6.45) is 0.985. The highest BCUT2D eigenvalue weighted by atomic mass is 32.1. The molecule has 0 aliphatic heterocycles. The van der Waals surface area contributed by atoms with Gasteiger partial charge in [-0.15, -0.1) is 0 Å². The Morgan fingerprint density at radius 1 is 0.952 bits per heavy atom. The predicted molar refractivity (Wildman–Crippen MR) is 94.7 cm³/mol. The normalized spacial score (nSPS) is 11.8. The summed E-state index contributed by atoms with van der Waals surface area (Å²) in [5.41, 5.74) is 4.78. The first-order chi connectivity index (χ1) is 10.1. The fourth-order valence-electron chi connectivity index (χ4n) is 2.18. The summed E-state index contributed by atoms with van der Waals surface area (Å²) >= 11 is 5.41. The molecule has 0 amide bonds. The Hall–Kier alpha value is -1.87. The van der Waals surface area contributed by atoms with Gasteiger partial charge in [0.1, 0.15) is 0 Å². The molecule has 0 aromatic heterocycles. The van der Waals surface area contributed by atoms with Crippen molar-refractivity contribution in [1.29, 1.82) is 0 Å². The summed E-state index contributed by atoms with van der Waals surface area (Å²) in [6.45, 7) is 6.33. The van der Waals surface area contributed by atoms with Gasteiger partial charge in [-0.3, -0.25) is 0 Å². The van der Waals surface area contributed by atoms with E-state index in [4.69, 9.17) is 12.2 Å².